The van der Waals surface area contributed by atoms with Crippen molar-refractivity contribution in [2.45, 2.75) is 13.3 Å². The lowest BCUT2D eigenvalue weighted by atomic mass is 10.2. The van der Waals surface area contributed by atoms with Crippen molar-refractivity contribution in [1.82, 2.24) is 20.0 Å². The molecule has 0 aliphatic heterocycles. The van der Waals surface area contributed by atoms with E-state index in [1.54, 1.807) is 6.20 Å². The molecule has 0 radical (unpaired) electrons. The molecule has 5 heteroatoms. The fourth-order valence-electron chi connectivity index (χ4n) is 1.49. The van der Waals surface area contributed by atoms with Crippen LogP contribution >= 0.6 is 0 Å². The van der Waals surface area contributed by atoms with Gasteiger partial charge in [0.05, 0.1) is 12.4 Å². The summed E-state index contributed by atoms with van der Waals surface area (Å²) in [4.78, 5) is 0. The number of aromatic nitrogens is 4. The van der Waals surface area contributed by atoms with Crippen molar-refractivity contribution in [1.29, 1.82) is 0 Å². The van der Waals surface area contributed by atoms with Crippen LogP contribution < -0.4 is 5.32 Å². The van der Waals surface area contributed by atoms with Crippen LogP contribution in [0.25, 0.3) is 0 Å². The van der Waals surface area contributed by atoms with Crippen LogP contribution in [-0.2, 0) is 13.5 Å². The molecule has 0 atom stereocenters. The van der Waals surface area contributed by atoms with Crippen molar-refractivity contribution in [2.24, 2.45) is 7.05 Å². The van der Waals surface area contributed by atoms with Gasteiger partial charge in [-0.1, -0.05) is 0 Å². The van der Waals surface area contributed by atoms with E-state index in [1.807, 2.05) is 37.1 Å². The van der Waals surface area contributed by atoms with Crippen LogP contribution in [0.1, 0.15) is 11.1 Å². The van der Waals surface area contributed by atoms with Gasteiger partial charge in [-0.2, -0.15) is 10.2 Å². The number of rotatable bonds is 4. The first-order valence-electron chi connectivity index (χ1n) is 5.25. The smallest absolute Gasteiger partial charge is 0.148 e. The second-order valence-corrected chi connectivity index (χ2v) is 3.82. The largest absolute Gasteiger partial charge is 0.368 e. The molecule has 16 heavy (non-hydrogen) atoms. The molecule has 5 nitrogen and oxygen atoms in total. The Bertz CT molecular complexity index is 463. The summed E-state index contributed by atoms with van der Waals surface area (Å²) in [6.45, 7) is 2.84. The average Bonchev–Trinajstić information content (AvgIpc) is 2.64. The monoisotopic (exact) mass is 217 g/mol. The fourth-order valence-corrected chi connectivity index (χ4v) is 1.49. The molecule has 0 aliphatic rings. The maximum atomic E-state index is 4.12. The molecule has 0 fully saturated rings. The van der Waals surface area contributed by atoms with Crippen LogP contribution in [0, 0.1) is 6.92 Å². The molecular weight excluding hydrogens is 202 g/mol. The zero-order chi connectivity index (χ0) is 11.4. The van der Waals surface area contributed by atoms with Gasteiger partial charge >= 0.3 is 0 Å². The predicted octanol–water partition coefficient (Wildman–Crippen LogP) is 1.17. The van der Waals surface area contributed by atoms with Crippen molar-refractivity contribution >= 4 is 5.82 Å². The second-order valence-electron chi connectivity index (χ2n) is 3.82. The van der Waals surface area contributed by atoms with Crippen LogP contribution in [0.5, 0.6) is 0 Å². The first-order valence-corrected chi connectivity index (χ1v) is 5.25. The number of hydrogen-bond donors (Lipinski definition) is 1. The van der Waals surface area contributed by atoms with Gasteiger partial charge in [-0.3, -0.25) is 4.68 Å². The Kier molecular flexibility index (Phi) is 3.14. The van der Waals surface area contributed by atoms with E-state index in [0.717, 1.165) is 24.3 Å². The molecule has 0 aliphatic carbocycles. The molecule has 2 aromatic rings. The summed E-state index contributed by atoms with van der Waals surface area (Å²) in [5.74, 6) is 0.823. The molecule has 0 saturated heterocycles. The van der Waals surface area contributed by atoms with E-state index in [-0.39, 0.29) is 0 Å². The summed E-state index contributed by atoms with van der Waals surface area (Å²) < 4.78 is 1.81. The zero-order valence-electron chi connectivity index (χ0n) is 9.51. The molecular formula is C11H15N5. The summed E-state index contributed by atoms with van der Waals surface area (Å²) in [6.07, 6.45) is 6.57. The van der Waals surface area contributed by atoms with Gasteiger partial charge in [0.15, 0.2) is 0 Å². The third-order valence-corrected chi connectivity index (χ3v) is 2.27. The summed E-state index contributed by atoms with van der Waals surface area (Å²) >= 11 is 0. The lowest BCUT2D eigenvalue weighted by Gasteiger charge is -2.03. The van der Waals surface area contributed by atoms with Gasteiger partial charge in [-0.15, -0.1) is 5.10 Å². The molecule has 1 N–H and O–H groups in total. The highest BCUT2D eigenvalue weighted by Gasteiger charge is 1.97. The number of nitrogens with zero attached hydrogens (tertiary/aromatic N) is 4. The maximum Gasteiger partial charge on any atom is 0.148 e. The Morgan fingerprint density at radius 3 is 2.94 bits per heavy atom. The molecule has 0 spiro atoms. The number of nitrogens with one attached hydrogen (secondary N) is 1. The minimum absolute atomic E-state index is 0.823. The topological polar surface area (TPSA) is 55.6 Å². The van der Waals surface area contributed by atoms with Gasteiger partial charge in [-0.25, -0.2) is 0 Å². The Balaban J connectivity index is 1.84. The highest BCUT2D eigenvalue weighted by atomic mass is 15.2. The standard InChI is InChI=1S/C11H15N5/c1-9-5-11(15-13-6-9)12-4-3-10-7-14-16(2)8-10/h5-8H,3-4H2,1-2H3,(H,12,15). The molecule has 0 amide bonds. The minimum Gasteiger partial charge on any atom is -0.368 e. The van der Waals surface area contributed by atoms with Crippen LogP contribution in [0.15, 0.2) is 24.7 Å². The Hall–Kier alpha value is -1.91. The summed E-state index contributed by atoms with van der Waals surface area (Å²) in [5.41, 5.74) is 2.33. The Morgan fingerprint density at radius 1 is 1.38 bits per heavy atom. The van der Waals surface area contributed by atoms with E-state index in [9.17, 15) is 0 Å². The number of aryl methyl sites for hydroxylation is 2. The molecule has 2 aromatic heterocycles. The van der Waals surface area contributed by atoms with Crippen molar-refractivity contribution in [3.8, 4) is 0 Å². The van der Waals surface area contributed by atoms with E-state index >= 15 is 0 Å². The second kappa shape index (κ2) is 4.74. The molecule has 84 valence electrons. The highest BCUT2D eigenvalue weighted by Crippen LogP contribution is 2.04. The van der Waals surface area contributed by atoms with Crippen LogP contribution in [-0.4, -0.2) is 26.5 Å². The van der Waals surface area contributed by atoms with Crippen molar-refractivity contribution in [3.05, 3.63) is 35.8 Å². The molecule has 0 unspecified atom stereocenters. The summed E-state index contributed by atoms with van der Waals surface area (Å²) in [5, 5.41) is 15.2. The van der Waals surface area contributed by atoms with E-state index in [4.69, 9.17) is 0 Å². The molecule has 0 saturated carbocycles. The van der Waals surface area contributed by atoms with E-state index < -0.39 is 0 Å². The molecule has 0 bridgehead atoms. The van der Waals surface area contributed by atoms with Gasteiger partial charge in [0.1, 0.15) is 5.82 Å². The van der Waals surface area contributed by atoms with Crippen molar-refractivity contribution in [3.63, 3.8) is 0 Å². The van der Waals surface area contributed by atoms with Crippen molar-refractivity contribution in [2.75, 3.05) is 11.9 Å². The Labute approximate surface area is 94.5 Å². The normalized spacial score (nSPS) is 10.4. The average molecular weight is 217 g/mol. The van der Waals surface area contributed by atoms with E-state index in [1.165, 1.54) is 5.56 Å². The van der Waals surface area contributed by atoms with Crippen LogP contribution in [0.2, 0.25) is 0 Å². The number of anilines is 1. The number of hydrogen-bond acceptors (Lipinski definition) is 4. The quantitative estimate of drug-likeness (QED) is 0.835. The first kappa shape index (κ1) is 10.6. The lowest BCUT2D eigenvalue weighted by Crippen LogP contribution is -2.06. The van der Waals surface area contributed by atoms with Crippen LogP contribution in [0.4, 0.5) is 5.82 Å². The molecule has 2 heterocycles. The summed E-state index contributed by atoms with van der Waals surface area (Å²) in [7, 11) is 1.92. The SMILES string of the molecule is Cc1cnnc(NCCc2cnn(C)c2)c1. The molecule has 0 aromatic carbocycles. The predicted molar refractivity (Wildman–Crippen MR) is 62.2 cm³/mol. The van der Waals surface area contributed by atoms with E-state index in [0.29, 0.717) is 0 Å². The van der Waals surface area contributed by atoms with Gasteiger partial charge < -0.3 is 5.32 Å². The van der Waals surface area contributed by atoms with Gasteiger partial charge in [0.25, 0.3) is 0 Å². The maximum absolute atomic E-state index is 4.12. The van der Waals surface area contributed by atoms with Gasteiger partial charge in [0, 0.05) is 19.8 Å². The van der Waals surface area contributed by atoms with Gasteiger partial charge in [0.2, 0.25) is 0 Å². The molecule has 2 rings (SSSR count). The zero-order valence-corrected chi connectivity index (χ0v) is 9.51. The third-order valence-electron chi connectivity index (χ3n) is 2.27. The highest BCUT2D eigenvalue weighted by molar-refractivity contribution is 5.35. The van der Waals surface area contributed by atoms with Crippen molar-refractivity contribution < 1.29 is 0 Å². The van der Waals surface area contributed by atoms with Crippen LogP contribution in [0.3, 0.4) is 0 Å². The lowest BCUT2D eigenvalue weighted by molar-refractivity contribution is 0.766. The van der Waals surface area contributed by atoms with E-state index in [2.05, 4.69) is 20.6 Å². The summed E-state index contributed by atoms with van der Waals surface area (Å²) in [6, 6.07) is 1.98. The third kappa shape index (κ3) is 2.79. The Morgan fingerprint density at radius 2 is 2.25 bits per heavy atom. The fraction of sp³-hybridized carbons (Fsp3) is 0.364. The minimum atomic E-state index is 0.823. The first-order chi connectivity index (χ1) is 7.74. The van der Waals surface area contributed by atoms with Gasteiger partial charge in [-0.05, 0) is 30.5 Å².